The Labute approximate surface area is 94.9 Å². The van der Waals surface area contributed by atoms with Crippen molar-refractivity contribution in [2.24, 2.45) is 0 Å². The molecule has 1 heterocycles. The van der Waals surface area contributed by atoms with Crippen molar-refractivity contribution in [2.45, 2.75) is 0 Å². The molecule has 2 rings (SSSR count). The minimum absolute atomic E-state index is 0.285. The summed E-state index contributed by atoms with van der Waals surface area (Å²) >= 11 is 3.35. The van der Waals surface area contributed by atoms with Gasteiger partial charge in [-0.25, -0.2) is 4.79 Å². The third kappa shape index (κ3) is 1.94. The molecule has 2 N–H and O–H groups in total. The number of carbonyl (C=O) groups is 1. The van der Waals surface area contributed by atoms with Gasteiger partial charge in [-0.3, -0.25) is 0 Å². The quantitative estimate of drug-likeness (QED) is 0.877. The number of carboxylic acids is 1. The molecule has 0 aliphatic heterocycles. The molecular formula is C11H8BrNO2. The van der Waals surface area contributed by atoms with Crippen molar-refractivity contribution in [1.29, 1.82) is 0 Å². The number of halogens is 1. The number of aromatic amines is 1. The molecule has 0 radical (unpaired) electrons. The molecule has 2 aromatic rings. The smallest absolute Gasteiger partial charge is 0.337 e. The highest BCUT2D eigenvalue weighted by Crippen LogP contribution is 2.25. The van der Waals surface area contributed by atoms with Gasteiger partial charge in [0.25, 0.3) is 0 Å². The van der Waals surface area contributed by atoms with E-state index in [2.05, 4.69) is 20.9 Å². The lowest BCUT2D eigenvalue weighted by atomic mass is 10.1. The number of nitrogens with one attached hydrogen (secondary N) is 1. The summed E-state index contributed by atoms with van der Waals surface area (Å²) in [6, 6.07) is 7.53. The van der Waals surface area contributed by atoms with Crippen molar-refractivity contribution >= 4 is 21.9 Å². The summed E-state index contributed by atoms with van der Waals surface area (Å²) < 4.78 is 0.928. The zero-order chi connectivity index (χ0) is 10.8. The van der Waals surface area contributed by atoms with Crippen molar-refractivity contribution in [3.05, 3.63) is 46.7 Å². The van der Waals surface area contributed by atoms with E-state index in [0.29, 0.717) is 5.56 Å². The Balaban J connectivity index is 2.54. The number of hydrogen-bond donors (Lipinski definition) is 2. The normalized spacial score (nSPS) is 10.2. The molecule has 0 unspecified atom stereocenters. The fourth-order valence-electron chi connectivity index (χ4n) is 1.44. The van der Waals surface area contributed by atoms with E-state index < -0.39 is 5.97 Å². The van der Waals surface area contributed by atoms with E-state index in [9.17, 15) is 4.79 Å². The zero-order valence-corrected chi connectivity index (χ0v) is 9.28. The summed E-state index contributed by atoms with van der Waals surface area (Å²) in [6.07, 6.45) is 3.17. The minimum atomic E-state index is -0.925. The van der Waals surface area contributed by atoms with Crippen LogP contribution in [0.15, 0.2) is 41.1 Å². The number of carboxylic acid groups (broad SMARTS) is 1. The number of aromatic carboxylic acids is 1. The molecule has 1 aromatic carbocycles. The SMILES string of the molecule is O=C(O)c1c[nH]cc1-c1cccc(Br)c1. The van der Waals surface area contributed by atoms with Gasteiger partial charge in [-0.05, 0) is 17.7 Å². The topological polar surface area (TPSA) is 53.1 Å². The fraction of sp³-hybridized carbons (Fsp3) is 0. The summed E-state index contributed by atoms with van der Waals surface area (Å²) in [4.78, 5) is 13.7. The van der Waals surface area contributed by atoms with Crippen molar-refractivity contribution in [1.82, 2.24) is 4.98 Å². The maximum Gasteiger partial charge on any atom is 0.337 e. The van der Waals surface area contributed by atoms with Gasteiger partial charge in [-0.2, -0.15) is 0 Å². The first-order chi connectivity index (χ1) is 7.18. The maximum atomic E-state index is 10.9. The molecule has 0 spiro atoms. The molecule has 0 saturated carbocycles. The Kier molecular flexibility index (Phi) is 2.60. The van der Waals surface area contributed by atoms with Crippen LogP contribution >= 0.6 is 15.9 Å². The molecule has 0 fully saturated rings. The maximum absolute atomic E-state index is 10.9. The molecule has 76 valence electrons. The molecule has 1 aromatic heterocycles. The van der Waals surface area contributed by atoms with Crippen molar-refractivity contribution in [3.8, 4) is 11.1 Å². The number of hydrogen-bond acceptors (Lipinski definition) is 1. The molecule has 0 aliphatic carbocycles. The molecule has 3 nitrogen and oxygen atoms in total. The highest BCUT2D eigenvalue weighted by atomic mass is 79.9. The van der Waals surface area contributed by atoms with Crippen LogP contribution in [0.2, 0.25) is 0 Å². The van der Waals surface area contributed by atoms with Gasteiger partial charge >= 0.3 is 5.97 Å². The van der Waals surface area contributed by atoms with Crippen LogP contribution in [0.1, 0.15) is 10.4 Å². The highest BCUT2D eigenvalue weighted by molar-refractivity contribution is 9.10. The van der Waals surface area contributed by atoms with E-state index in [-0.39, 0.29) is 5.56 Å². The van der Waals surface area contributed by atoms with Crippen LogP contribution in [0.5, 0.6) is 0 Å². The van der Waals surface area contributed by atoms with Crippen LogP contribution in [0.4, 0.5) is 0 Å². The Morgan fingerprint density at radius 3 is 2.80 bits per heavy atom. The average molecular weight is 266 g/mol. The first-order valence-electron chi connectivity index (χ1n) is 4.34. The number of benzene rings is 1. The molecule has 0 aliphatic rings. The van der Waals surface area contributed by atoms with Crippen LogP contribution in [0.25, 0.3) is 11.1 Å². The predicted octanol–water partition coefficient (Wildman–Crippen LogP) is 3.14. The largest absolute Gasteiger partial charge is 0.478 e. The Morgan fingerprint density at radius 1 is 1.33 bits per heavy atom. The van der Waals surface area contributed by atoms with E-state index >= 15 is 0 Å². The second-order valence-electron chi connectivity index (χ2n) is 3.10. The van der Waals surface area contributed by atoms with Gasteiger partial charge in [0.2, 0.25) is 0 Å². The van der Waals surface area contributed by atoms with Gasteiger partial charge < -0.3 is 10.1 Å². The zero-order valence-electron chi connectivity index (χ0n) is 7.70. The lowest BCUT2D eigenvalue weighted by molar-refractivity contribution is 0.0698. The van der Waals surface area contributed by atoms with Crippen molar-refractivity contribution in [2.75, 3.05) is 0 Å². The van der Waals surface area contributed by atoms with Gasteiger partial charge in [0.15, 0.2) is 0 Å². The molecule has 0 amide bonds. The van der Waals surface area contributed by atoms with Crippen LogP contribution in [0, 0.1) is 0 Å². The number of rotatable bonds is 2. The molecule has 4 heteroatoms. The van der Waals surface area contributed by atoms with Crippen LogP contribution < -0.4 is 0 Å². The fourth-order valence-corrected chi connectivity index (χ4v) is 1.83. The highest BCUT2D eigenvalue weighted by Gasteiger charge is 2.12. The van der Waals surface area contributed by atoms with Crippen LogP contribution in [0.3, 0.4) is 0 Å². The molecule has 0 saturated heterocycles. The molecule has 0 atom stereocenters. The predicted molar refractivity (Wildman–Crippen MR) is 60.9 cm³/mol. The van der Waals surface area contributed by atoms with E-state index in [1.165, 1.54) is 6.20 Å². The first-order valence-corrected chi connectivity index (χ1v) is 5.14. The van der Waals surface area contributed by atoms with Gasteiger partial charge in [-0.1, -0.05) is 28.1 Å². The summed E-state index contributed by atoms with van der Waals surface area (Å²) in [7, 11) is 0. The Bertz CT molecular complexity index is 505. The van der Waals surface area contributed by atoms with Crippen LogP contribution in [-0.2, 0) is 0 Å². The lowest BCUT2D eigenvalue weighted by Crippen LogP contribution is -1.95. The monoisotopic (exact) mass is 265 g/mol. The summed E-state index contributed by atoms with van der Waals surface area (Å²) in [5.41, 5.74) is 1.86. The van der Waals surface area contributed by atoms with E-state index in [1.807, 2.05) is 24.3 Å². The summed E-state index contributed by atoms with van der Waals surface area (Å²) in [6.45, 7) is 0. The minimum Gasteiger partial charge on any atom is -0.478 e. The van der Waals surface area contributed by atoms with Crippen molar-refractivity contribution < 1.29 is 9.90 Å². The first kappa shape index (κ1) is 9.98. The van der Waals surface area contributed by atoms with Gasteiger partial charge in [0, 0.05) is 22.4 Å². The van der Waals surface area contributed by atoms with Gasteiger partial charge in [0.1, 0.15) is 0 Å². The van der Waals surface area contributed by atoms with E-state index in [4.69, 9.17) is 5.11 Å². The summed E-state index contributed by atoms with van der Waals surface area (Å²) in [5.74, 6) is -0.925. The Hall–Kier alpha value is -1.55. The van der Waals surface area contributed by atoms with Gasteiger partial charge in [-0.15, -0.1) is 0 Å². The Morgan fingerprint density at radius 2 is 2.13 bits per heavy atom. The number of aromatic nitrogens is 1. The van der Waals surface area contributed by atoms with Gasteiger partial charge in [0.05, 0.1) is 5.56 Å². The third-order valence-electron chi connectivity index (χ3n) is 2.11. The van der Waals surface area contributed by atoms with Crippen molar-refractivity contribution in [3.63, 3.8) is 0 Å². The summed E-state index contributed by atoms with van der Waals surface area (Å²) in [5, 5.41) is 8.95. The molecular weight excluding hydrogens is 258 g/mol. The number of H-pyrrole nitrogens is 1. The second-order valence-corrected chi connectivity index (χ2v) is 4.01. The average Bonchev–Trinajstić information content (AvgIpc) is 2.65. The molecule has 15 heavy (non-hydrogen) atoms. The standard InChI is InChI=1S/C11H8BrNO2/c12-8-3-1-2-7(4-8)9-5-13-6-10(9)11(14)15/h1-6,13H,(H,14,15). The van der Waals surface area contributed by atoms with E-state index in [1.54, 1.807) is 6.20 Å². The third-order valence-corrected chi connectivity index (χ3v) is 2.60. The molecule has 0 bridgehead atoms. The van der Waals surface area contributed by atoms with Crippen LogP contribution in [-0.4, -0.2) is 16.1 Å². The lowest BCUT2D eigenvalue weighted by Gasteiger charge is -2.00. The van der Waals surface area contributed by atoms with E-state index in [0.717, 1.165) is 10.0 Å². The second kappa shape index (κ2) is 3.90.